The highest BCUT2D eigenvalue weighted by Crippen LogP contribution is 2.44. The van der Waals surface area contributed by atoms with Gasteiger partial charge in [0, 0.05) is 26.0 Å². The predicted octanol–water partition coefficient (Wildman–Crippen LogP) is 0.911. The molecule has 2 heterocycles. The summed E-state index contributed by atoms with van der Waals surface area (Å²) in [6, 6.07) is 1.21. The first-order valence-electron chi connectivity index (χ1n) is 9.26. The van der Waals surface area contributed by atoms with Gasteiger partial charge in [0.05, 0.1) is 19.1 Å². The highest BCUT2D eigenvalue weighted by molar-refractivity contribution is 7.46. The van der Waals surface area contributed by atoms with Crippen LogP contribution in [0.15, 0.2) is 21.9 Å². The molecule has 30 heavy (non-hydrogen) atoms. The average molecular weight is 443 g/mol. The molecule has 11 nitrogen and oxygen atoms in total. The van der Waals surface area contributed by atoms with Crippen LogP contribution in [0, 0.1) is 12.5 Å². The first-order valence-corrected chi connectivity index (χ1v) is 10.9. The zero-order valence-corrected chi connectivity index (χ0v) is 18.2. The van der Waals surface area contributed by atoms with Gasteiger partial charge in [0.15, 0.2) is 14.6 Å². The van der Waals surface area contributed by atoms with E-state index in [0.29, 0.717) is 0 Å². The molecule has 1 N–H and O–H groups in total. The van der Waals surface area contributed by atoms with Crippen LogP contribution in [0.25, 0.3) is 4.85 Å². The van der Waals surface area contributed by atoms with Gasteiger partial charge in [-0.05, 0) is 6.42 Å². The van der Waals surface area contributed by atoms with Gasteiger partial charge in [-0.25, -0.2) is 11.4 Å². The van der Waals surface area contributed by atoms with E-state index in [1.165, 1.54) is 31.0 Å². The molecule has 0 aromatic carbocycles. The zero-order chi connectivity index (χ0) is 22.3. The molecule has 1 aliphatic heterocycles. The minimum atomic E-state index is -1.37. The molecule has 1 saturated heterocycles. The molecule has 1 fully saturated rings. The highest BCUT2D eigenvalue weighted by Gasteiger charge is 2.48. The van der Waals surface area contributed by atoms with Crippen molar-refractivity contribution in [2.24, 2.45) is 5.92 Å². The van der Waals surface area contributed by atoms with Crippen LogP contribution in [0.4, 0.5) is 0 Å². The fourth-order valence-corrected chi connectivity index (χ4v) is 4.19. The normalized spacial score (nSPS) is 25.4. The van der Waals surface area contributed by atoms with Crippen molar-refractivity contribution in [2.45, 2.75) is 37.9 Å². The number of methoxy groups -OCH3 is 2. The largest absolute Gasteiger partial charge is 0.469 e. The van der Waals surface area contributed by atoms with Crippen molar-refractivity contribution in [3.8, 4) is 0 Å². The van der Waals surface area contributed by atoms with Crippen LogP contribution in [-0.2, 0) is 28.1 Å². The van der Waals surface area contributed by atoms with Crippen molar-refractivity contribution in [2.75, 3.05) is 34.0 Å². The van der Waals surface area contributed by atoms with E-state index in [0.717, 1.165) is 0 Å². The van der Waals surface area contributed by atoms with Crippen LogP contribution in [0.2, 0.25) is 0 Å². The monoisotopic (exact) mass is 443 g/mol. The molecule has 1 aromatic rings. The maximum absolute atomic E-state index is 12.3. The van der Waals surface area contributed by atoms with Gasteiger partial charge in [-0.3, -0.25) is 19.1 Å². The molecular formula is C18H26N3O8P. The number of carbonyl (C=O) groups excluding carboxylic acids is 1. The van der Waals surface area contributed by atoms with Crippen LogP contribution in [-0.4, -0.2) is 67.9 Å². The van der Waals surface area contributed by atoms with Crippen molar-refractivity contribution in [3.05, 3.63) is 44.5 Å². The first-order chi connectivity index (χ1) is 14.3. The maximum Gasteiger partial charge on any atom is 0.330 e. The summed E-state index contributed by atoms with van der Waals surface area (Å²) < 4.78 is 29.3. The molecule has 1 aliphatic rings. The molecule has 1 aromatic heterocycles. The van der Waals surface area contributed by atoms with Crippen LogP contribution >= 0.6 is 8.38 Å². The third-order valence-electron chi connectivity index (χ3n) is 4.62. The topological polar surface area (TPSA) is 122 Å². The lowest BCUT2D eigenvalue weighted by Gasteiger charge is -2.26. The van der Waals surface area contributed by atoms with Gasteiger partial charge in [-0.1, -0.05) is 6.92 Å². The second-order valence-corrected chi connectivity index (χ2v) is 8.02. The Kier molecular flexibility index (Phi) is 9.14. The number of rotatable bonds is 10. The molecule has 12 heteroatoms. The van der Waals surface area contributed by atoms with Gasteiger partial charge in [0.2, 0.25) is 6.54 Å². The zero-order valence-electron chi connectivity index (χ0n) is 17.3. The summed E-state index contributed by atoms with van der Waals surface area (Å²) in [6.45, 7) is 10.7. The van der Waals surface area contributed by atoms with E-state index in [9.17, 15) is 14.4 Å². The molecule has 6 atom stereocenters. The highest BCUT2D eigenvalue weighted by atomic mass is 31.2. The van der Waals surface area contributed by atoms with Crippen molar-refractivity contribution in [1.29, 1.82) is 0 Å². The molecule has 0 saturated carbocycles. The summed E-state index contributed by atoms with van der Waals surface area (Å²) in [5.41, 5.74) is -1.18. The minimum Gasteiger partial charge on any atom is -0.469 e. The summed E-state index contributed by atoms with van der Waals surface area (Å²) in [7, 11) is 1.39. The Bertz CT molecular complexity index is 866. The summed E-state index contributed by atoms with van der Waals surface area (Å²) in [5.74, 6) is -0.885. The number of H-pyrrole nitrogens is 1. The molecule has 0 aliphatic carbocycles. The molecular weight excluding hydrogens is 417 g/mol. The third-order valence-corrected chi connectivity index (χ3v) is 5.71. The van der Waals surface area contributed by atoms with Crippen molar-refractivity contribution >= 4 is 14.3 Å². The number of ether oxygens (including phenoxy) is 3. The predicted molar refractivity (Wildman–Crippen MR) is 107 cm³/mol. The summed E-state index contributed by atoms with van der Waals surface area (Å²) in [4.78, 5) is 41.0. The van der Waals surface area contributed by atoms with E-state index in [4.69, 9.17) is 29.8 Å². The number of aromatic nitrogens is 2. The Hall–Kier alpha value is -2.09. The molecule has 2 rings (SSSR count). The lowest BCUT2D eigenvalue weighted by Crippen LogP contribution is -2.39. The van der Waals surface area contributed by atoms with Gasteiger partial charge < -0.3 is 28.1 Å². The second kappa shape index (κ2) is 11.3. The Morgan fingerprint density at radius 2 is 2.13 bits per heavy atom. The van der Waals surface area contributed by atoms with Crippen LogP contribution in [0.1, 0.15) is 19.6 Å². The van der Waals surface area contributed by atoms with E-state index in [-0.39, 0.29) is 19.6 Å². The SMILES string of the molecule is [C-]#[N+]CCOP(C)O[C@@H]1C(OC)[C@H](n2ccc(=O)[nH]c2=O)O[C@@H]1CC(C)C(=O)OC. The smallest absolute Gasteiger partial charge is 0.330 e. The Morgan fingerprint density at radius 1 is 1.40 bits per heavy atom. The quantitative estimate of drug-likeness (QED) is 0.245. The average Bonchev–Trinajstić information content (AvgIpc) is 3.04. The van der Waals surface area contributed by atoms with Crippen molar-refractivity contribution in [1.82, 2.24) is 9.55 Å². The van der Waals surface area contributed by atoms with E-state index in [1.54, 1.807) is 13.6 Å². The van der Waals surface area contributed by atoms with Crippen LogP contribution in [0.5, 0.6) is 0 Å². The second-order valence-electron chi connectivity index (χ2n) is 6.67. The summed E-state index contributed by atoms with van der Waals surface area (Å²) in [6.07, 6.45) is -1.28. The lowest BCUT2D eigenvalue weighted by atomic mass is 9.99. The number of esters is 1. The first kappa shape index (κ1) is 24.2. The molecule has 0 amide bonds. The molecule has 3 unspecified atom stereocenters. The van der Waals surface area contributed by atoms with Gasteiger partial charge in [0.1, 0.15) is 18.8 Å². The van der Waals surface area contributed by atoms with Crippen LogP contribution in [0.3, 0.4) is 0 Å². The number of nitrogens with one attached hydrogen (secondary N) is 1. The molecule has 166 valence electrons. The lowest BCUT2D eigenvalue weighted by molar-refractivity contribution is -0.146. The molecule has 0 spiro atoms. The molecule has 0 radical (unpaired) electrons. The summed E-state index contributed by atoms with van der Waals surface area (Å²) >= 11 is 0. The Balaban J connectivity index is 2.29. The maximum atomic E-state index is 12.3. The van der Waals surface area contributed by atoms with Gasteiger partial charge >= 0.3 is 11.7 Å². The molecule has 0 bridgehead atoms. The number of nitrogens with zero attached hydrogens (tertiary/aromatic N) is 2. The third kappa shape index (κ3) is 5.97. The van der Waals surface area contributed by atoms with E-state index < -0.39 is 56.1 Å². The number of hydrogen-bond acceptors (Lipinski definition) is 8. The van der Waals surface area contributed by atoms with Crippen molar-refractivity contribution < 1.29 is 28.1 Å². The van der Waals surface area contributed by atoms with E-state index >= 15 is 0 Å². The van der Waals surface area contributed by atoms with E-state index in [2.05, 4.69) is 9.83 Å². The number of carbonyl (C=O) groups is 1. The Morgan fingerprint density at radius 3 is 2.73 bits per heavy atom. The minimum absolute atomic E-state index is 0.211. The van der Waals surface area contributed by atoms with Gasteiger partial charge in [-0.15, -0.1) is 0 Å². The van der Waals surface area contributed by atoms with Crippen molar-refractivity contribution in [3.63, 3.8) is 0 Å². The standard InChI is InChI=1S/C18H26N3O8P/c1-11(17(23)26-4)10-12-14(29-30(5)27-9-7-19-2)15(25-3)16(28-12)21-8-6-13(22)20-18(21)24/h6,8,11-12,14-16H,7,9-10H2,1,3-5H3,(H,20,22,24)/t11?,12-,14+,15?,16-,30?/m1/s1. The fourth-order valence-electron chi connectivity index (χ4n) is 3.19. The van der Waals surface area contributed by atoms with Gasteiger partial charge in [-0.2, -0.15) is 0 Å². The van der Waals surface area contributed by atoms with E-state index in [1.807, 2.05) is 0 Å². The summed E-state index contributed by atoms with van der Waals surface area (Å²) in [5, 5.41) is 0. The fraction of sp³-hybridized carbons (Fsp3) is 0.667. The number of aromatic amines is 1. The van der Waals surface area contributed by atoms with Crippen LogP contribution < -0.4 is 11.2 Å². The van der Waals surface area contributed by atoms with Gasteiger partial charge in [0.25, 0.3) is 5.56 Å². The number of hydrogen-bond donors (Lipinski definition) is 1. The Labute approximate surface area is 175 Å².